The minimum absolute atomic E-state index is 0.0491. The molecule has 0 aromatic heterocycles. The summed E-state index contributed by atoms with van der Waals surface area (Å²) in [7, 11) is 0. The number of rotatable bonds is 6. The predicted molar refractivity (Wildman–Crippen MR) is 84.3 cm³/mol. The molecular formula is C15H14N2O4S. The Labute approximate surface area is 131 Å². The van der Waals surface area contributed by atoms with Crippen molar-refractivity contribution in [3.8, 4) is 5.75 Å². The lowest BCUT2D eigenvalue weighted by Gasteiger charge is -2.06. The molecule has 2 aromatic rings. The van der Waals surface area contributed by atoms with Crippen molar-refractivity contribution in [2.75, 3.05) is 12.3 Å². The number of hydrogen-bond acceptors (Lipinski definition) is 5. The van der Waals surface area contributed by atoms with Gasteiger partial charge < -0.3 is 10.1 Å². The highest BCUT2D eigenvalue weighted by Crippen LogP contribution is 2.18. The first-order valence-corrected chi connectivity index (χ1v) is 7.52. The van der Waals surface area contributed by atoms with Crippen LogP contribution in [0.2, 0.25) is 0 Å². The molecule has 0 saturated carbocycles. The summed E-state index contributed by atoms with van der Waals surface area (Å²) in [5.74, 6) is 0.984. The van der Waals surface area contributed by atoms with Crippen LogP contribution < -0.4 is 10.1 Å². The Morgan fingerprint density at radius 2 is 1.82 bits per heavy atom. The minimum atomic E-state index is -0.581. The zero-order valence-corrected chi connectivity index (χ0v) is 12.4. The van der Waals surface area contributed by atoms with Crippen molar-refractivity contribution < 1.29 is 14.5 Å². The van der Waals surface area contributed by atoms with Crippen LogP contribution >= 0.6 is 11.8 Å². The number of benzene rings is 2. The molecule has 114 valence electrons. The lowest BCUT2D eigenvalue weighted by atomic mass is 10.3. The van der Waals surface area contributed by atoms with Crippen molar-refractivity contribution in [3.63, 3.8) is 0 Å². The zero-order chi connectivity index (χ0) is 15.8. The first kappa shape index (κ1) is 15.8. The second-order valence-corrected chi connectivity index (χ2v) is 5.40. The molecule has 0 aliphatic heterocycles. The SMILES string of the molecule is O=C(NCCSc1ccccc1)Oc1ccc([N+](=O)[O-])cc1. The Bertz CT molecular complexity index is 632. The van der Waals surface area contributed by atoms with Crippen LogP contribution in [0, 0.1) is 10.1 Å². The number of thioether (sulfide) groups is 1. The van der Waals surface area contributed by atoms with Crippen molar-refractivity contribution in [2.24, 2.45) is 0 Å². The Hall–Kier alpha value is -2.54. The van der Waals surface area contributed by atoms with E-state index in [1.807, 2.05) is 30.3 Å². The number of ether oxygens (including phenoxy) is 1. The number of carbonyl (C=O) groups excluding carboxylic acids is 1. The summed E-state index contributed by atoms with van der Waals surface area (Å²) in [4.78, 5) is 22.7. The van der Waals surface area contributed by atoms with Gasteiger partial charge in [-0.2, -0.15) is 0 Å². The van der Waals surface area contributed by atoms with Crippen LogP contribution in [0.4, 0.5) is 10.5 Å². The molecule has 0 spiro atoms. The van der Waals surface area contributed by atoms with Gasteiger partial charge in [-0.1, -0.05) is 18.2 Å². The van der Waals surface area contributed by atoms with E-state index in [1.165, 1.54) is 24.3 Å². The Balaban J connectivity index is 1.70. The third kappa shape index (κ3) is 5.10. The molecule has 2 rings (SSSR count). The molecule has 0 aliphatic rings. The van der Waals surface area contributed by atoms with Crippen LogP contribution in [-0.2, 0) is 0 Å². The van der Waals surface area contributed by atoms with Crippen molar-refractivity contribution >= 4 is 23.5 Å². The normalized spacial score (nSPS) is 10.0. The van der Waals surface area contributed by atoms with Crippen LogP contribution in [0.15, 0.2) is 59.5 Å². The van der Waals surface area contributed by atoms with E-state index in [4.69, 9.17) is 4.74 Å². The fourth-order valence-corrected chi connectivity index (χ4v) is 2.41. The average Bonchev–Trinajstić information content (AvgIpc) is 2.53. The van der Waals surface area contributed by atoms with E-state index in [-0.39, 0.29) is 11.4 Å². The van der Waals surface area contributed by atoms with Gasteiger partial charge in [-0.15, -0.1) is 11.8 Å². The number of nitrogens with zero attached hydrogens (tertiary/aromatic N) is 1. The number of amides is 1. The molecular weight excluding hydrogens is 304 g/mol. The molecule has 0 unspecified atom stereocenters. The highest BCUT2D eigenvalue weighted by Gasteiger charge is 2.07. The standard InChI is InChI=1S/C15H14N2O4S/c18-15(16-10-11-22-14-4-2-1-3-5-14)21-13-8-6-12(7-9-13)17(19)20/h1-9H,10-11H2,(H,16,18). The van der Waals surface area contributed by atoms with Crippen molar-refractivity contribution in [1.29, 1.82) is 0 Å². The molecule has 2 aromatic carbocycles. The Morgan fingerprint density at radius 1 is 1.14 bits per heavy atom. The van der Waals surface area contributed by atoms with Gasteiger partial charge in [0.05, 0.1) is 4.92 Å². The molecule has 0 radical (unpaired) electrons. The van der Waals surface area contributed by atoms with Gasteiger partial charge in [0, 0.05) is 29.3 Å². The van der Waals surface area contributed by atoms with Crippen molar-refractivity contribution in [2.45, 2.75) is 4.90 Å². The first-order chi connectivity index (χ1) is 10.6. The van der Waals surface area contributed by atoms with Gasteiger partial charge in [-0.05, 0) is 24.3 Å². The molecule has 0 saturated heterocycles. The van der Waals surface area contributed by atoms with Gasteiger partial charge in [0.25, 0.3) is 5.69 Å². The summed E-state index contributed by atoms with van der Waals surface area (Å²) >= 11 is 1.63. The highest BCUT2D eigenvalue weighted by atomic mass is 32.2. The second-order valence-electron chi connectivity index (χ2n) is 4.23. The molecule has 22 heavy (non-hydrogen) atoms. The third-order valence-electron chi connectivity index (χ3n) is 2.64. The van der Waals surface area contributed by atoms with Gasteiger partial charge in [-0.3, -0.25) is 10.1 Å². The van der Waals surface area contributed by atoms with Gasteiger partial charge in [0.2, 0.25) is 0 Å². The molecule has 0 bridgehead atoms. The number of nitro groups is 1. The maximum atomic E-state index is 11.6. The van der Waals surface area contributed by atoms with Crippen molar-refractivity contribution in [1.82, 2.24) is 5.32 Å². The van der Waals surface area contributed by atoms with Crippen molar-refractivity contribution in [3.05, 3.63) is 64.7 Å². The van der Waals surface area contributed by atoms with E-state index in [9.17, 15) is 14.9 Å². The predicted octanol–water partition coefficient (Wildman–Crippen LogP) is 3.48. The van der Waals surface area contributed by atoms with Crippen LogP contribution in [0.3, 0.4) is 0 Å². The third-order valence-corrected chi connectivity index (χ3v) is 3.66. The number of non-ortho nitro benzene ring substituents is 1. The second kappa shape index (κ2) is 8.04. The molecule has 0 atom stereocenters. The van der Waals surface area contributed by atoms with E-state index in [0.717, 1.165) is 10.6 Å². The van der Waals surface area contributed by atoms with Crippen LogP contribution in [-0.4, -0.2) is 23.3 Å². The van der Waals surface area contributed by atoms with Gasteiger partial charge in [0.15, 0.2) is 0 Å². The molecule has 0 heterocycles. The lowest BCUT2D eigenvalue weighted by Crippen LogP contribution is -2.28. The summed E-state index contributed by atoms with van der Waals surface area (Å²) in [5, 5.41) is 13.1. The zero-order valence-electron chi connectivity index (χ0n) is 11.6. The largest absolute Gasteiger partial charge is 0.412 e. The first-order valence-electron chi connectivity index (χ1n) is 6.53. The average molecular weight is 318 g/mol. The van der Waals surface area contributed by atoms with E-state index >= 15 is 0 Å². The van der Waals surface area contributed by atoms with E-state index < -0.39 is 11.0 Å². The van der Waals surface area contributed by atoms with Crippen LogP contribution in [0.1, 0.15) is 0 Å². The number of nitro benzene ring substituents is 1. The highest BCUT2D eigenvalue weighted by molar-refractivity contribution is 7.99. The summed E-state index contributed by atoms with van der Waals surface area (Å²) in [6.07, 6.45) is -0.581. The lowest BCUT2D eigenvalue weighted by molar-refractivity contribution is -0.384. The van der Waals surface area contributed by atoms with E-state index in [2.05, 4.69) is 5.32 Å². The molecule has 0 fully saturated rings. The smallest absolute Gasteiger partial charge is 0.410 e. The van der Waals surface area contributed by atoms with Gasteiger partial charge in [0.1, 0.15) is 5.75 Å². The fourth-order valence-electron chi connectivity index (χ4n) is 1.62. The summed E-state index contributed by atoms with van der Waals surface area (Å²) < 4.78 is 5.02. The van der Waals surface area contributed by atoms with Crippen LogP contribution in [0.5, 0.6) is 5.75 Å². The molecule has 0 aliphatic carbocycles. The fraction of sp³-hybridized carbons (Fsp3) is 0.133. The van der Waals surface area contributed by atoms with E-state index in [1.54, 1.807) is 11.8 Å². The van der Waals surface area contributed by atoms with E-state index in [0.29, 0.717) is 6.54 Å². The quantitative estimate of drug-likeness (QED) is 0.382. The monoisotopic (exact) mass is 318 g/mol. The van der Waals surface area contributed by atoms with Crippen LogP contribution in [0.25, 0.3) is 0 Å². The number of carbonyl (C=O) groups is 1. The topological polar surface area (TPSA) is 81.5 Å². The van der Waals surface area contributed by atoms with Gasteiger partial charge >= 0.3 is 6.09 Å². The van der Waals surface area contributed by atoms with Gasteiger partial charge in [-0.25, -0.2) is 4.79 Å². The minimum Gasteiger partial charge on any atom is -0.410 e. The molecule has 1 N–H and O–H groups in total. The molecule has 6 nitrogen and oxygen atoms in total. The number of hydrogen-bond donors (Lipinski definition) is 1. The number of nitrogens with one attached hydrogen (secondary N) is 1. The summed E-state index contributed by atoms with van der Waals surface area (Å²) in [5.41, 5.74) is -0.0491. The molecule has 1 amide bonds. The Kier molecular flexibility index (Phi) is 5.79. The molecule has 7 heteroatoms. The Morgan fingerprint density at radius 3 is 2.45 bits per heavy atom. The maximum absolute atomic E-state index is 11.6. The summed E-state index contributed by atoms with van der Waals surface area (Å²) in [6, 6.07) is 15.2. The maximum Gasteiger partial charge on any atom is 0.412 e. The summed E-state index contributed by atoms with van der Waals surface area (Å²) in [6.45, 7) is 0.464.